The van der Waals surface area contributed by atoms with Gasteiger partial charge in [-0.25, -0.2) is 4.68 Å². The summed E-state index contributed by atoms with van der Waals surface area (Å²) in [4.78, 5) is 23.4. The number of nitrogens with zero attached hydrogens (tertiary/aromatic N) is 3. The van der Waals surface area contributed by atoms with Gasteiger partial charge in [0.15, 0.2) is 5.76 Å². The van der Waals surface area contributed by atoms with Crippen molar-refractivity contribution in [2.24, 2.45) is 5.92 Å². The van der Waals surface area contributed by atoms with Crippen LogP contribution in [-0.2, 0) is 0 Å². The molecule has 1 aromatic carbocycles. The smallest absolute Gasteiger partial charge is 0.271 e. The maximum atomic E-state index is 12.8. The average Bonchev–Trinajstić information content (AvgIpc) is 3.28. The molecular formula is C20H22N4O4. The first-order chi connectivity index (χ1) is 13.3. The Labute approximate surface area is 162 Å². The van der Waals surface area contributed by atoms with Gasteiger partial charge in [0.1, 0.15) is 17.1 Å². The van der Waals surface area contributed by atoms with Crippen LogP contribution in [0.15, 0.2) is 46.9 Å². The fourth-order valence-electron chi connectivity index (χ4n) is 2.74. The van der Waals surface area contributed by atoms with Crippen molar-refractivity contribution in [2.75, 3.05) is 6.54 Å². The number of carbonyl (C=O) groups excluding carboxylic acids is 1. The van der Waals surface area contributed by atoms with Crippen molar-refractivity contribution < 1.29 is 14.1 Å². The third-order valence-electron chi connectivity index (χ3n) is 4.23. The fourth-order valence-corrected chi connectivity index (χ4v) is 2.74. The number of hydrogen-bond donors (Lipinski definition) is 1. The number of nitrogens with one attached hydrogen (secondary N) is 1. The molecule has 146 valence electrons. The van der Waals surface area contributed by atoms with Crippen molar-refractivity contribution in [3.63, 3.8) is 0 Å². The molecule has 0 spiro atoms. The molecule has 0 atom stereocenters. The van der Waals surface area contributed by atoms with Crippen LogP contribution in [0.5, 0.6) is 0 Å². The molecule has 0 aliphatic rings. The average molecular weight is 382 g/mol. The summed E-state index contributed by atoms with van der Waals surface area (Å²) in [7, 11) is 0. The highest BCUT2D eigenvalue weighted by atomic mass is 16.6. The van der Waals surface area contributed by atoms with Crippen molar-refractivity contribution >= 4 is 11.6 Å². The number of amides is 1. The summed E-state index contributed by atoms with van der Waals surface area (Å²) in [5, 5.41) is 18.5. The molecule has 3 rings (SSSR count). The van der Waals surface area contributed by atoms with Crippen molar-refractivity contribution in [2.45, 2.75) is 27.2 Å². The van der Waals surface area contributed by atoms with Crippen LogP contribution in [0, 0.1) is 23.0 Å². The van der Waals surface area contributed by atoms with Crippen LogP contribution in [0.4, 0.5) is 5.69 Å². The number of hydrogen-bond acceptors (Lipinski definition) is 5. The van der Waals surface area contributed by atoms with Gasteiger partial charge in [-0.1, -0.05) is 19.9 Å². The lowest BCUT2D eigenvalue weighted by Gasteiger charge is -2.09. The van der Waals surface area contributed by atoms with E-state index in [0.717, 1.165) is 12.2 Å². The molecule has 0 bridgehead atoms. The number of aryl methyl sites for hydroxylation is 1. The summed E-state index contributed by atoms with van der Waals surface area (Å²) in [6.45, 7) is 6.51. The van der Waals surface area contributed by atoms with Crippen molar-refractivity contribution in [3.8, 4) is 17.1 Å². The van der Waals surface area contributed by atoms with E-state index in [2.05, 4.69) is 24.3 Å². The van der Waals surface area contributed by atoms with Gasteiger partial charge < -0.3 is 9.73 Å². The third kappa shape index (κ3) is 4.28. The molecule has 1 amide bonds. The van der Waals surface area contributed by atoms with Gasteiger partial charge in [0.2, 0.25) is 0 Å². The van der Waals surface area contributed by atoms with Crippen LogP contribution in [0.25, 0.3) is 17.1 Å². The highest BCUT2D eigenvalue weighted by Gasteiger charge is 2.20. The summed E-state index contributed by atoms with van der Waals surface area (Å²) >= 11 is 0. The van der Waals surface area contributed by atoms with Crippen LogP contribution < -0.4 is 5.32 Å². The standard InChI is InChI=1S/C20H22N4O4/c1-13(2)9-10-21-20(25)18-12-17(19-8-7-14(3)28-19)22-23(18)15-5-4-6-16(11-15)24(26)27/h4-8,11-13H,9-10H2,1-3H3,(H,21,25). The monoisotopic (exact) mass is 382 g/mol. The molecule has 0 aliphatic carbocycles. The molecule has 0 unspecified atom stereocenters. The highest BCUT2D eigenvalue weighted by Crippen LogP contribution is 2.25. The Bertz CT molecular complexity index is 1000. The molecule has 1 N–H and O–H groups in total. The zero-order valence-electron chi connectivity index (χ0n) is 16.0. The van der Waals surface area contributed by atoms with Crippen molar-refractivity contribution in [1.29, 1.82) is 0 Å². The Hall–Kier alpha value is -3.42. The quantitative estimate of drug-likeness (QED) is 0.489. The Kier molecular flexibility index (Phi) is 5.58. The molecule has 2 heterocycles. The highest BCUT2D eigenvalue weighted by molar-refractivity contribution is 5.94. The van der Waals surface area contributed by atoms with E-state index in [1.807, 2.05) is 13.0 Å². The van der Waals surface area contributed by atoms with E-state index in [-0.39, 0.29) is 17.3 Å². The maximum Gasteiger partial charge on any atom is 0.271 e. The Morgan fingerprint density at radius 3 is 2.71 bits per heavy atom. The second-order valence-corrected chi connectivity index (χ2v) is 6.95. The second-order valence-electron chi connectivity index (χ2n) is 6.95. The molecule has 0 radical (unpaired) electrons. The van der Waals surface area contributed by atoms with Gasteiger partial charge in [-0.15, -0.1) is 0 Å². The summed E-state index contributed by atoms with van der Waals surface area (Å²) in [5.74, 6) is 1.42. The first-order valence-electron chi connectivity index (χ1n) is 9.05. The van der Waals surface area contributed by atoms with E-state index in [1.165, 1.54) is 16.8 Å². The van der Waals surface area contributed by atoms with Crippen LogP contribution >= 0.6 is 0 Å². The minimum Gasteiger partial charge on any atom is -0.460 e. The van der Waals surface area contributed by atoms with Gasteiger partial charge in [0.25, 0.3) is 11.6 Å². The molecule has 8 heteroatoms. The molecular weight excluding hydrogens is 360 g/mol. The lowest BCUT2D eigenvalue weighted by molar-refractivity contribution is -0.384. The van der Waals surface area contributed by atoms with Crippen LogP contribution in [-0.4, -0.2) is 27.2 Å². The largest absolute Gasteiger partial charge is 0.460 e. The van der Waals surface area contributed by atoms with Gasteiger partial charge in [0, 0.05) is 24.7 Å². The molecule has 0 saturated heterocycles. The van der Waals surface area contributed by atoms with Gasteiger partial charge in [-0.05, 0) is 37.5 Å². The molecule has 0 fully saturated rings. The molecule has 0 saturated carbocycles. The predicted molar refractivity (Wildman–Crippen MR) is 104 cm³/mol. The number of benzene rings is 1. The summed E-state index contributed by atoms with van der Waals surface area (Å²) < 4.78 is 7.02. The van der Waals surface area contributed by atoms with Crippen molar-refractivity contribution in [1.82, 2.24) is 15.1 Å². The lowest BCUT2D eigenvalue weighted by Crippen LogP contribution is -2.27. The Morgan fingerprint density at radius 1 is 1.29 bits per heavy atom. The number of aromatic nitrogens is 2. The van der Waals surface area contributed by atoms with E-state index in [0.29, 0.717) is 29.6 Å². The fraction of sp³-hybridized carbons (Fsp3) is 0.300. The summed E-state index contributed by atoms with van der Waals surface area (Å²) in [6, 6.07) is 11.2. The van der Waals surface area contributed by atoms with Crippen LogP contribution in [0.2, 0.25) is 0 Å². The molecule has 3 aromatic rings. The SMILES string of the molecule is Cc1ccc(-c2cc(C(=O)NCCC(C)C)n(-c3cccc([N+](=O)[O-])c3)n2)o1. The van der Waals surface area contributed by atoms with E-state index in [1.54, 1.807) is 24.3 Å². The normalized spacial score (nSPS) is 11.0. The van der Waals surface area contributed by atoms with Gasteiger partial charge in [-0.3, -0.25) is 14.9 Å². The topological polar surface area (TPSA) is 103 Å². The lowest BCUT2D eigenvalue weighted by atomic mass is 10.1. The summed E-state index contributed by atoms with van der Waals surface area (Å²) in [5.41, 5.74) is 1.12. The van der Waals surface area contributed by atoms with Crippen molar-refractivity contribution in [3.05, 3.63) is 64.0 Å². The number of nitro groups is 1. The number of nitro benzene ring substituents is 1. The number of non-ortho nitro benzene ring substituents is 1. The molecule has 8 nitrogen and oxygen atoms in total. The Balaban J connectivity index is 2.01. The molecule has 28 heavy (non-hydrogen) atoms. The predicted octanol–water partition coefficient (Wildman–Crippen LogP) is 4.12. The molecule has 0 aliphatic heterocycles. The summed E-state index contributed by atoms with van der Waals surface area (Å²) in [6.07, 6.45) is 0.848. The first kappa shape index (κ1) is 19.3. The molecule has 2 aromatic heterocycles. The number of furan rings is 1. The number of rotatable bonds is 7. The second kappa shape index (κ2) is 8.08. The third-order valence-corrected chi connectivity index (χ3v) is 4.23. The zero-order chi connectivity index (χ0) is 20.3. The minimum absolute atomic E-state index is 0.0745. The van der Waals surface area contributed by atoms with Gasteiger partial charge >= 0.3 is 0 Å². The van der Waals surface area contributed by atoms with E-state index < -0.39 is 4.92 Å². The van der Waals surface area contributed by atoms with Crippen LogP contribution in [0.1, 0.15) is 36.5 Å². The van der Waals surface area contributed by atoms with Crippen LogP contribution in [0.3, 0.4) is 0 Å². The maximum absolute atomic E-state index is 12.8. The van der Waals surface area contributed by atoms with Gasteiger partial charge in [-0.2, -0.15) is 5.10 Å². The Morgan fingerprint density at radius 2 is 2.07 bits per heavy atom. The van der Waals surface area contributed by atoms with E-state index in [9.17, 15) is 14.9 Å². The van der Waals surface area contributed by atoms with E-state index >= 15 is 0 Å². The zero-order valence-corrected chi connectivity index (χ0v) is 16.0. The number of carbonyl (C=O) groups is 1. The first-order valence-corrected chi connectivity index (χ1v) is 9.05. The van der Waals surface area contributed by atoms with Gasteiger partial charge in [0.05, 0.1) is 10.6 Å². The van der Waals surface area contributed by atoms with E-state index in [4.69, 9.17) is 4.42 Å². The minimum atomic E-state index is -0.480.